The van der Waals surface area contributed by atoms with Crippen LogP contribution in [0.15, 0.2) is 23.4 Å². The molecule has 0 aromatic carbocycles. The Morgan fingerprint density at radius 3 is 2.58 bits per heavy atom. The lowest BCUT2D eigenvalue weighted by molar-refractivity contribution is -0.132. The number of amides is 1. The zero-order valence-electron chi connectivity index (χ0n) is 12.6. The molecule has 3 nitrogen and oxygen atoms in total. The fourth-order valence-electron chi connectivity index (χ4n) is 3.14. The van der Waals surface area contributed by atoms with E-state index in [2.05, 4.69) is 30.9 Å². The average Bonchev–Trinajstić information content (AvgIpc) is 2.85. The summed E-state index contributed by atoms with van der Waals surface area (Å²) in [4.78, 5) is 16.9. The summed E-state index contributed by atoms with van der Waals surface area (Å²) in [6.45, 7) is 11.5. The SMILES string of the molecule is CC1=C[C@@H](C)C(=O)N(C[C@H](C)N2CCCC2)C(C)=C1. The third kappa shape index (κ3) is 3.27. The normalized spacial score (nSPS) is 27.1. The van der Waals surface area contributed by atoms with Gasteiger partial charge in [-0.3, -0.25) is 9.69 Å². The van der Waals surface area contributed by atoms with Gasteiger partial charge in [-0.1, -0.05) is 18.6 Å². The van der Waals surface area contributed by atoms with Crippen LogP contribution in [0.4, 0.5) is 0 Å². The minimum Gasteiger partial charge on any atom is -0.314 e. The first-order chi connectivity index (χ1) is 8.99. The van der Waals surface area contributed by atoms with Crippen LogP contribution in [0.2, 0.25) is 0 Å². The molecular weight excluding hydrogens is 236 g/mol. The maximum absolute atomic E-state index is 12.5. The maximum Gasteiger partial charge on any atom is 0.233 e. The predicted molar refractivity (Wildman–Crippen MR) is 78.7 cm³/mol. The van der Waals surface area contributed by atoms with E-state index in [1.165, 1.54) is 31.5 Å². The van der Waals surface area contributed by atoms with Crippen molar-refractivity contribution in [3.63, 3.8) is 0 Å². The summed E-state index contributed by atoms with van der Waals surface area (Å²) < 4.78 is 0. The van der Waals surface area contributed by atoms with Gasteiger partial charge in [0.2, 0.25) is 5.91 Å². The van der Waals surface area contributed by atoms with Crippen molar-refractivity contribution in [1.29, 1.82) is 0 Å². The number of allylic oxidation sites excluding steroid dienone is 3. The molecule has 0 aromatic heterocycles. The molecule has 0 N–H and O–H groups in total. The zero-order valence-corrected chi connectivity index (χ0v) is 12.6. The van der Waals surface area contributed by atoms with Gasteiger partial charge in [0, 0.05) is 18.3 Å². The molecule has 0 saturated carbocycles. The van der Waals surface area contributed by atoms with Gasteiger partial charge in [0.05, 0.1) is 5.92 Å². The first-order valence-electron chi connectivity index (χ1n) is 7.41. The van der Waals surface area contributed by atoms with E-state index in [-0.39, 0.29) is 11.8 Å². The lowest BCUT2D eigenvalue weighted by atomic mass is 10.1. The van der Waals surface area contributed by atoms with Crippen molar-refractivity contribution < 1.29 is 4.79 Å². The van der Waals surface area contributed by atoms with E-state index >= 15 is 0 Å². The van der Waals surface area contributed by atoms with Crippen LogP contribution < -0.4 is 0 Å². The first kappa shape index (κ1) is 14.3. The molecule has 19 heavy (non-hydrogen) atoms. The van der Waals surface area contributed by atoms with Gasteiger partial charge < -0.3 is 4.90 Å². The molecule has 3 heteroatoms. The van der Waals surface area contributed by atoms with Crippen LogP contribution in [0.5, 0.6) is 0 Å². The Bertz CT molecular complexity index is 405. The number of likely N-dealkylation sites (tertiary alicyclic amines) is 1. The van der Waals surface area contributed by atoms with Gasteiger partial charge in [-0.2, -0.15) is 0 Å². The van der Waals surface area contributed by atoms with Crippen molar-refractivity contribution in [2.45, 2.75) is 46.6 Å². The van der Waals surface area contributed by atoms with E-state index in [9.17, 15) is 4.79 Å². The molecule has 2 atom stereocenters. The van der Waals surface area contributed by atoms with Crippen molar-refractivity contribution >= 4 is 5.91 Å². The van der Waals surface area contributed by atoms with Crippen LogP contribution >= 0.6 is 0 Å². The maximum atomic E-state index is 12.5. The van der Waals surface area contributed by atoms with Crippen molar-refractivity contribution in [3.8, 4) is 0 Å². The van der Waals surface area contributed by atoms with Gasteiger partial charge in [0.25, 0.3) is 0 Å². The van der Waals surface area contributed by atoms with E-state index in [1.807, 2.05) is 18.7 Å². The molecule has 2 heterocycles. The van der Waals surface area contributed by atoms with Crippen LogP contribution in [0.1, 0.15) is 40.5 Å². The standard InChI is InChI=1S/C16H26N2O/c1-12-9-13(2)16(19)18(14(3)10-12)11-15(4)17-7-5-6-8-17/h9-10,13,15H,5-8,11H2,1-4H3/t13-,15+/m1/s1. The molecule has 1 amide bonds. The predicted octanol–water partition coefficient (Wildman–Crippen LogP) is 2.80. The lowest BCUT2D eigenvalue weighted by Crippen LogP contribution is -2.43. The number of hydrogen-bond acceptors (Lipinski definition) is 2. The van der Waals surface area contributed by atoms with Gasteiger partial charge in [-0.25, -0.2) is 0 Å². The summed E-state index contributed by atoms with van der Waals surface area (Å²) in [6, 6.07) is 0.445. The number of nitrogens with zero attached hydrogens (tertiary/aromatic N) is 2. The third-order valence-corrected chi connectivity index (χ3v) is 4.24. The van der Waals surface area contributed by atoms with E-state index in [0.29, 0.717) is 6.04 Å². The van der Waals surface area contributed by atoms with Gasteiger partial charge in [0.15, 0.2) is 0 Å². The van der Waals surface area contributed by atoms with E-state index in [4.69, 9.17) is 0 Å². The summed E-state index contributed by atoms with van der Waals surface area (Å²) in [6.07, 6.45) is 6.78. The molecule has 0 spiro atoms. The quantitative estimate of drug-likeness (QED) is 0.781. The van der Waals surface area contributed by atoms with Crippen LogP contribution in [0.3, 0.4) is 0 Å². The summed E-state index contributed by atoms with van der Waals surface area (Å²) in [7, 11) is 0. The number of carbonyl (C=O) groups is 1. The second-order valence-corrected chi connectivity index (χ2v) is 6.03. The van der Waals surface area contributed by atoms with Crippen molar-refractivity contribution in [1.82, 2.24) is 9.80 Å². The highest BCUT2D eigenvalue weighted by Crippen LogP contribution is 2.21. The highest BCUT2D eigenvalue weighted by atomic mass is 16.2. The van der Waals surface area contributed by atoms with Crippen molar-refractivity contribution in [3.05, 3.63) is 23.4 Å². The molecule has 1 fully saturated rings. The monoisotopic (exact) mass is 262 g/mol. The lowest BCUT2D eigenvalue weighted by Gasteiger charge is -2.31. The average molecular weight is 262 g/mol. The largest absolute Gasteiger partial charge is 0.314 e. The Hall–Kier alpha value is -1.09. The highest BCUT2D eigenvalue weighted by Gasteiger charge is 2.27. The second-order valence-electron chi connectivity index (χ2n) is 6.03. The number of carbonyl (C=O) groups excluding carboxylic acids is 1. The topological polar surface area (TPSA) is 23.6 Å². The van der Waals surface area contributed by atoms with Gasteiger partial charge >= 0.3 is 0 Å². The molecule has 0 radical (unpaired) electrons. The number of rotatable bonds is 3. The Labute approximate surface area is 117 Å². The van der Waals surface area contributed by atoms with Gasteiger partial charge in [0.1, 0.15) is 0 Å². The summed E-state index contributed by atoms with van der Waals surface area (Å²) >= 11 is 0. The molecule has 2 aliphatic heterocycles. The molecule has 0 unspecified atom stereocenters. The zero-order chi connectivity index (χ0) is 14.0. The van der Waals surface area contributed by atoms with Gasteiger partial charge in [-0.15, -0.1) is 0 Å². The Balaban J connectivity index is 2.09. The van der Waals surface area contributed by atoms with Crippen molar-refractivity contribution in [2.75, 3.05) is 19.6 Å². The Kier molecular flexibility index (Phi) is 4.46. The molecule has 0 bridgehead atoms. The Morgan fingerprint density at radius 2 is 1.95 bits per heavy atom. The van der Waals surface area contributed by atoms with Crippen molar-refractivity contribution in [2.24, 2.45) is 5.92 Å². The van der Waals surface area contributed by atoms with Crippen LogP contribution in [0, 0.1) is 5.92 Å². The molecule has 2 rings (SSSR count). The third-order valence-electron chi connectivity index (χ3n) is 4.24. The van der Waals surface area contributed by atoms with Gasteiger partial charge in [-0.05, 0) is 52.8 Å². The summed E-state index contributed by atoms with van der Waals surface area (Å²) in [5.74, 6) is 0.219. The smallest absolute Gasteiger partial charge is 0.233 e. The van der Waals surface area contributed by atoms with Crippen LogP contribution in [-0.4, -0.2) is 41.4 Å². The fraction of sp³-hybridized carbons (Fsp3) is 0.688. The number of hydrogen-bond donors (Lipinski definition) is 0. The molecule has 2 aliphatic rings. The first-order valence-corrected chi connectivity index (χ1v) is 7.41. The molecule has 106 valence electrons. The fourth-order valence-corrected chi connectivity index (χ4v) is 3.14. The summed E-state index contributed by atoms with van der Waals surface area (Å²) in [5, 5.41) is 0. The van der Waals surface area contributed by atoms with E-state index < -0.39 is 0 Å². The molecule has 1 saturated heterocycles. The molecule has 0 aliphatic carbocycles. The Morgan fingerprint density at radius 1 is 1.32 bits per heavy atom. The van der Waals surface area contributed by atoms with E-state index in [1.54, 1.807) is 0 Å². The minimum atomic E-state index is -0.0144. The van der Waals surface area contributed by atoms with Crippen LogP contribution in [-0.2, 0) is 4.79 Å². The second kappa shape index (κ2) is 5.91. The minimum absolute atomic E-state index is 0.0144. The van der Waals surface area contributed by atoms with Crippen LogP contribution in [0.25, 0.3) is 0 Å². The van der Waals surface area contributed by atoms with E-state index in [0.717, 1.165) is 12.2 Å². The summed E-state index contributed by atoms with van der Waals surface area (Å²) in [5.41, 5.74) is 2.27. The molecular formula is C16H26N2O. The molecule has 0 aromatic rings. The highest BCUT2D eigenvalue weighted by molar-refractivity contribution is 5.82.